The Morgan fingerprint density at radius 3 is 2.45 bits per heavy atom. The van der Waals surface area contributed by atoms with Crippen LogP contribution in [0.3, 0.4) is 0 Å². The molecule has 1 unspecified atom stereocenters. The second kappa shape index (κ2) is 9.35. The van der Waals surface area contributed by atoms with Crippen LogP contribution in [0.15, 0.2) is 54.6 Å². The summed E-state index contributed by atoms with van der Waals surface area (Å²) in [5.74, 6) is 2.66. The second-order valence-corrected chi connectivity index (χ2v) is 8.35. The highest BCUT2D eigenvalue weighted by molar-refractivity contribution is 5.65. The summed E-state index contributed by atoms with van der Waals surface area (Å²) >= 11 is 0. The number of rotatable bonds is 6. The smallest absolute Gasteiger partial charge is 0.222 e. The largest absolute Gasteiger partial charge is 0.496 e. The van der Waals surface area contributed by atoms with Crippen molar-refractivity contribution in [3.05, 3.63) is 65.7 Å². The van der Waals surface area contributed by atoms with Crippen molar-refractivity contribution in [3.63, 3.8) is 0 Å². The highest BCUT2D eigenvalue weighted by Gasteiger charge is 2.24. The lowest BCUT2D eigenvalue weighted by Crippen LogP contribution is -2.33. The third kappa shape index (κ3) is 4.97. The van der Waals surface area contributed by atoms with Gasteiger partial charge in [-0.2, -0.15) is 4.98 Å². The van der Waals surface area contributed by atoms with E-state index in [9.17, 15) is 0 Å². The lowest BCUT2D eigenvalue weighted by molar-refractivity contribution is 0.397. The Labute approximate surface area is 184 Å². The van der Waals surface area contributed by atoms with Crippen LogP contribution in [0.5, 0.6) is 5.75 Å². The fourth-order valence-electron chi connectivity index (χ4n) is 4.37. The van der Waals surface area contributed by atoms with Crippen molar-refractivity contribution >= 4 is 11.8 Å². The number of anilines is 2. The molecule has 1 aliphatic heterocycles. The second-order valence-electron chi connectivity index (χ2n) is 8.35. The molecule has 31 heavy (non-hydrogen) atoms. The van der Waals surface area contributed by atoms with Gasteiger partial charge in [-0.25, -0.2) is 4.98 Å². The zero-order chi connectivity index (χ0) is 21.8. The molecule has 4 N–H and O–H groups in total. The highest BCUT2D eigenvalue weighted by atomic mass is 16.5. The predicted octanol–water partition coefficient (Wildman–Crippen LogP) is 4.01. The molecule has 4 rings (SSSR count). The van der Waals surface area contributed by atoms with Gasteiger partial charge in [0.1, 0.15) is 11.6 Å². The zero-order valence-electron chi connectivity index (χ0n) is 18.3. The number of hydrogen-bond donors (Lipinski definition) is 2. The van der Waals surface area contributed by atoms with Gasteiger partial charge in [-0.05, 0) is 49.3 Å². The number of methoxy groups -OCH3 is 1. The van der Waals surface area contributed by atoms with E-state index in [2.05, 4.69) is 51.3 Å². The van der Waals surface area contributed by atoms with Crippen molar-refractivity contribution in [2.24, 2.45) is 5.73 Å². The van der Waals surface area contributed by atoms with Crippen LogP contribution in [-0.4, -0.2) is 36.2 Å². The van der Waals surface area contributed by atoms with Gasteiger partial charge in [0.2, 0.25) is 5.95 Å². The number of nitrogen functional groups attached to an aromatic ring is 1. The zero-order valence-corrected chi connectivity index (χ0v) is 18.3. The molecule has 1 saturated heterocycles. The first-order valence-corrected chi connectivity index (χ1v) is 10.9. The number of ether oxygens (including phenoxy) is 1. The van der Waals surface area contributed by atoms with Crippen LogP contribution in [0.1, 0.15) is 36.8 Å². The van der Waals surface area contributed by atoms with E-state index in [1.807, 2.05) is 25.1 Å². The van der Waals surface area contributed by atoms with Gasteiger partial charge >= 0.3 is 0 Å². The van der Waals surface area contributed by atoms with Crippen LogP contribution in [0, 0.1) is 0 Å². The van der Waals surface area contributed by atoms with E-state index in [4.69, 9.17) is 16.2 Å². The van der Waals surface area contributed by atoms with Crippen LogP contribution in [0.2, 0.25) is 0 Å². The van der Waals surface area contributed by atoms with Gasteiger partial charge in [0.25, 0.3) is 0 Å². The van der Waals surface area contributed by atoms with Crippen LogP contribution < -0.4 is 21.1 Å². The minimum absolute atomic E-state index is 0.144. The molecule has 0 radical (unpaired) electrons. The van der Waals surface area contributed by atoms with Crippen molar-refractivity contribution < 1.29 is 4.74 Å². The molecule has 0 aliphatic carbocycles. The summed E-state index contributed by atoms with van der Waals surface area (Å²) in [4.78, 5) is 11.3. The van der Waals surface area contributed by atoms with E-state index >= 15 is 0 Å². The number of nitrogens with two attached hydrogens (primary N) is 2. The molecular weight excluding hydrogens is 386 g/mol. The maximum Gasteiger partial charge on any atom is 0.222 e. The first-order valence-electron chi connectivity index (χ1n) is 10.9. The van der Waals surface area contributed by atoms with Gasteiger partial charge in [0.05, 0.1) is 12.8 Å². The summed E-state index contributed by atoms with van der Waals surface area (Å²) in [6.45, 7) is 3.86. The molecule has 162 valence electrons. The summed E-state index contributed by atoms with van der Waals surface area (Å²) < 4.78 is 5.56. The molecule has 0 amide bonds. The molecule has 0 saturated carbocycles. The van der Waals surface area contributed by atoms with E-state index < -0.39 is 0 Å². The Kier molecular flexibility index (Phi) is 6.37. The SMILES string of the molecule is COc1ccccc1C1CCN(c2cc(-c3ccc(CC(C)N)cc3)nc(N)n2)CC1. The summed E-state index contributed by atoms with van der Waals surface area (Å²) in [6.07, 6.45) is 2.95. The standard InChI is InChI=1S/C25H31N5O/c1-17(26)15-18-7-9-20(10-8-18)22-16-24(29-25(27)28-22)30-13-11-19(12-14-30)21-5-3-4-6-23(21)31-2/h3-10,16-17,19H,11-15,26H2,1-2H3,(H2,27,28,29). The number of hydrogen-bond acceptors (Lipinski definition) is 6. The van der Waals surface area contributed by atoms with Crippen LogP contribution >= 0.6 is 0 Å². The third-order valence-corrected chi connectivity index (χ3v) is 5.94. The maximum absolute atomic E-state index is 6.07. The Balaban J connectivity index is 1.49. The van der Waals surface area contributed by atoms with Gasteiger partial charge in [0, 0.05) is 30.8 Å². The Hall–Kier alpha value is -3.12. The summed E-state index contributed by atoms with van der Waals surface area (Å²) in [7, 11) is 1.74. The van der Waals surface area contributed by atoms with E-state index in [0.717, 1.165) is 55.2 Å². The number of aromatic nitrogens is 2. The average Bonchev–Trinajstić information content (AvgIpc) is 2.79. The van der Waals surface area contributed by atoms with Crippen LogP contribution in [0.4, 0.5) is 11.8 Å². The normalized spacial score (nSPS) is 15.6. The van der Waals surface area contributed by atoms with Gasteiger partial charge in [-0.15, -0.1) is 0 Å². The summed E-state index contributed by atoms with van der Waals surface area (Å²) in [5.41, 5.74) is 16.4. The minimum Gasteiger partial charge on any atom is -0.496 e. The minimum atomic E-state index is 0.144. The summed E-state index contributed by atoms with van der Waals surface area (Å²) in [5, 5.41) is 0. The van der Waals surface area contributed by atoms with Gasteiger partial charge in [-0.3, -0.25) is 0 Å². The number of piperidine rings is 1. The fraction of sp³-hybridized carbons (Fsp3) is 0.360. The quantitative estimate of drug-likeness (QED) is 0.630. The first-order chi connectivity index (χ1) is 15.0. The van der Waals surface area contributed by atoms with Crippen molar-refractivity contribution in [2.45, 2.75) is 38.1 Å². The van der Waals surface area contributed by atoms with Gasteiger partial charge in [0.15, 0.2) is 0 Å². The predicted molar refractivity (Wildman–Crippen MR) is 126 cm³/mol. The topological polar surface area (TPSA) is 90.3 Å². The number of benzene rings is 2. The van der Waals surface area contributed by atoms with Crippen molar-refractivity contribution in [2.75, 3.05) is 30.8 Å². The van der Waals surface area contributed by atoms with E-state index in [1.54, 1.807) is 7.11 Å². The molecule has 1 atom stereocenters. The Morgan fingerprint density at radius 1 is 1.06 bits per heavy atom. The van der Waals surface area contributed by atoms with Crippen LogP contribution in [-0.2, 0) is 6.42 Å². The average molecular weight is 418 g/mol. The highest BCUT2D eigenvalue weighted by Crippen LogP contribution is 2.35. The lowest BCUT2D eigenvalue weighted by Gasteiger charge is -2.33. The third-order valence-electron chi connectivity index (χ3n) is 5.94. The molecule has 0 spiro atoms. The van der Waals surface area contributed by atoms with E-state index in [0.29, 0.717) is 11.9 Å². The molecule has 6 nitrogen and oxygen atoms in total. The maximum atomic E-state index is 6.07. The molecule has 0 bridgehead atoms. The van der Waals surface area contributed by atoms with E-state index in [-0.39, 0.29) is 6.04 Å². The molecule has 6 heteroatoms. The van der Waals surface area contributed by atoms with Gasteiger partial charge < -0.3 is 21.1 Å². The molecule has 3 aromatic rings. The van der Waals surface area contributed by atoms with Gasteiger partial charge in [-0.1, -0.05) is 42.5 Å². The summed E-state index contributed by atoms with van der Waals surface area (Å²) in [6, 6.07) is 18.9. The molecule has 1 fully saturated rings. The first kappa shape index (κ1) is 21.1. The molecular formula is C25H31N5O. The van der Waals surface area contributed by atoms with Crippen molar-refractivity contribution in [1.82, 2.24) is 9.97 Å². The van der Waals surface area contributed by atoms with Crippen LogP contribution in [0.25, 0.3) is 11.3 Å². The Morgan fingerprint density at radius 2 is 1.77 bits per heavy atom. The number of nitrogens with zero attached hydrogens (tertiary/aromatic N) is 3. The lowest BCUT2D eigenvalue weighted by atomic mass is 9.89. The number of para-hydroxylation sites is 1. The monoisotopic (exact) mass is 417 g/mol. The molecule has 1 aliphatic rings. The molecule has 2 aromatic carbocycles. The Bertz CT molecular complexity index is 1010. The molecule has 2 heterocycles. The fourth-order valence-corrected chi connectivity index (χ4v) is 4.37. The van der Waals surface area contributed by atoms with Crippen molar-refractivity contribution in [1.29, 1.82) is 0 Å². The molecule has 1 aromatic heterocycles. The van der Waals surface area contributed by atoms with E-state index in [1.165, 1.54) is 11.1 Å². The van der Waals surface area contributed by atoms with Crippen molar-refractivity contribution in [3.8, 4) is 17.0 Å².